The van der Waals surface area contributed by atoms with E-state index in [1.54, 1.807) is 32.7 Å². The van der Waals surface area contributed by atoms with Gasteiger partial charge in [0.1, 0.15) is 18.0 Å². The minimum Gasteiger partial charge on any atom is -0.493 e. The highest BCUT2D eigenvalue weighted by atomic mass is 16.5. The minimum atomic E-state index is -0.00912. The van der Waals surface area contributed by atoms with E-state index in [-0.39, 0.29) is 5.91 Å². The summed E-state index contributed by atoms with van der Waals surface area (Å²) in [6.07, 6.45) is 8.88. The molecule has 8 heteroatoms. The summed E-state index contributed by atoms with van der Waals surface area (Å²) in [5.74, 6) is 2.98. The Morgan fingerprint density at radius 2 is 1.65 bits per heavy atom. The highest BCUT2D eigenvalue weighted by Crippen LogP contribution is 2.28. The zero-order valence-corrected chi connectivity index (χ0v) is 17.6. The number of ether oxygens (including phenoxy) is 2. The molecule has 0 N–H and O–H groups in total. The van der Waals surface area contributed by atoms with Gasteiger partial charge in [-0.25, -0.2) is 9.97 Å². The maximum absolute atomic E-state index is 12.6. The topological polar surface area (TPSA) is 72.7 Å². The molecular weight excluding hydrogens is 394 g/mol. The van der Waals surface area contributed by atoms with Crippen LogP contribution in [-0.2, 0) is 4.79 Å². The van der Waals surface area contributed by atoms with Gasteiger partial charge in [-0.15, -0.1) is 0 Å². The summed E-state index contributed by atoms with van der Waals surface area (Å²) >= 11 is 0. The van der Waals surface area contributed by atoms with Crippen molar-refractivity contribution in [2.45, 2.75) is 0 Å². The normalized spacial score (nSPS) is 14.1. The molecule has 0 unspecified atom stereocenters. The van der Waals surface area contributed by atoms with E-state index in [0.717, 1.165) is 30.3 Å². The molecule has 1 aromatic carbocycles. The van der Waals surface area contributed by atoms with E-state index in [9.17, 15) is 4.79 Å². The molecule has 3 aromatic rings. The van der Waals surface area contributed by atoms with Crippen LogP contribution in [0.1, 0.15) is 5.56 Å². The third-order valence-corrected chi connectivity index (χ3v) is 5.25. The number of benzene rings is 1. The van der Waals surface area contributed by atoms with Crippen molar-refractivity contribution in [3.63, 3.8) is 0 Å². The molecule has 0 atom stereocenters. The number of nitrogens with zero attached hydrogens (tertiary/aromatic N) is 5. The number of hydrogen-bond acceptors (Lipinski definition) is 6. The summed E-state index contributed by atoms with van der Waals surface area (Å²) in [7, 11) is 3.19. The molecule has 1 amide bonds. The smallest absolute Gasteiger partial charge is 0.246 e. The van der Waals surface area contributed by atoms with Gasteiger partial charge in [0.05, 0.1) is 14.2 Å². The maximum Gasteiger partial charge on any atom is 0.246 e. The van der Waals surface area contributed by atoms with E-state index in [1.807, 2.05) is 58.3 Å². The molecule has 31 heavy (non-hydrogen) atoms. The molecule has 0 saturated carbocycles. The Bertz CT molecular complexity index is 1060. The molecule has 8 nitrogen and oxygen atoms in total. The lowest BCUT2D eigenvalue weighted by Gasteiger charge is -2.35. The zero-order chi connectivity index (χ0) is 21.6. The van der Waals surface area contributed by atoms with Gasteiger partial charge in [-0.05, 0) is 35.9 Å². The van der Waals surface area contributed by atoms with Crippen molar-refractivity contribution in [3.8, 4) is 17.3 Å². The largest absolute Gasteiger partial charge is 0.493 e. The van der Waals surface area contributed by atoms with E-state index in [0.29, 0.717) is 24.6 Å². The number of anilines is 1. The van der Waals surface area contributed by atoms with Crippen molar-refractivity contribution in [1.82, 2.24) is 19.4 Å². The molecule has 1 aliphatic rings. The molecule has 4 rings (SSSR count). The first-order valence-electron chi connectivity index (χ1n) is 10.1. The van der Waals surface area contributed by atoms with E-state index < -0.39 is 0 Å². The van der Waals surface area contributed by atoms with Crippen LogP contribution in [0.5, 0.6) is 11.5 Å². The summed E-state index contributed by atoms with van der Waals surface area (Å²) in [6.45, 7) is 2.71. The molecule has 160 valence electrons. The molecule has 1 fully saturated rings. The Morgan fingerprint density at radius 3 is 2.35 bits per heavy atom. The molecule has 0 bridgehead atoms. The van der Waals surface area contributed by atoms with Crippen molar-refractivity contribution < 1.29 is 14.3 Å². The average Bonchev–Trinajstić information content (AvgIpc) is 3.37. The van der Waals surface area contributed by atoms with Gasteiger partial charge in [0.25, 0.3) is 0 Å². The van der Waals surface area contributed by atoms with E-state index >= 15 is 0 Å². The lowest BCUT2D eigenvalue weighted by Crippen LogP contribution is -2.48. The first-order chi connectivity index (χ1) is 15.2. The number of aromatic nitrogens is 3. The zero-order valence-electron chi connectivity index (χ0n) is 17.6. The van der Waals surface area contributed by atoms with Crippen molar-refractivity contribution >= 4 is 17.8 Å². The van der Waals surface area contributed by atoms with E-state index in [1.165, 1.54) is 0 Å². The van der Waals surface area contributed by atoms with Crippen LogP contribution in [-0.4, -0.2) is 65.7 Å². The summed E-state index contributed by atoms with van der Waals surface area (Å²) in [4.78, 5) is 25.4. The molecule has 2 aromatic heterocycles. The minimum absolute atomic E-state index is 0.00912. The predicted octanol–water partition coefficient (Wildman–Crippen LogP) is 2.65. The van der Waals surface area contributed by atoms with Crippen molar-refractivity contribution in [3.05, 3.63) is 66.8 Å². The molecular formula is C23H25N5O3. The third kappa shape index (κ3) is 4.69. The Kier molecular flexibility index (Phi) is 6.16. The number of carbonyl (C=O) groups is 1. The second-order valence-electron chi connectivity index (χ2n) is 7.08. The molecule has 0 aliphatic carbocycles. The molecule has 0 radical (unpaired) electrons. The van der Waals surface area contributed by atoms with Crippen molar-refractivity contribution in [1.29, 1.82) is 0 Å². The second kappa shape index (κ2) is 9.34. The first kappa shape index (κ1) is 20.5. The lowest BCUT2D eigenvalue weighted by molar-refractivity contribution is -0.126. The van der Waals surface area contributed by atoms with Crippen LogP contribution in [0.15, 0.2) is 61.2 Å². The highest BCUT2D eigenvalue weighted by Gasteiger charge is 2.21. The van der Waals surface area contributed by atoms with E-state index in [4.69, 9.17) is 9.47 Å². The average molecular weight is 419 g/mol. The fraction of sp³-hybridized carbons (Fsp3) is 0.261. The Labute approximate surface area is 181 Å². The van der Waals surface area contributed by atoms with Gasteiger partial charge in [0, 0.05) is 50.7 Å². The van der Waals surface area contributed by atoms with Gasteiger partial charge in [-0.3, -0.25) is 4.79 Å². The quantitative estimate of drug-likeness (QED) is 0.572. The third-order valence-electron chi connectivity index (χ3n) is 5.25. The van der Waals surface area contributed by atoms with Gasteiger partial charge in [-0.2, -0.15) is 0 Å². The highest BCUT2D eigenvalue weighted by molar-refractivity contribution is 5.92. The molecule has 0 spiro atoms. The van der Waals surface area contributed by atoms with Gasteiger partial charge in [0.15, 0.2) is 11.5 Å². The van der Waals surface area contributed by atoms with Crippen LogP contribution in [0.2, 0.25) is 0 Å². The summed E-state index contributed by atoms with van der Waals surface area (Å²) in [5, 5.41) is 0. The number of methoxy groups -OCH3 is 2. The van der Waals surface area contributed by atoms with Gasteiger partial charge >= 0.3 is 0 Å². The molecule has 3 heterocycles. The second-order valence-corrected chi connectivity index (χ2v) is 7.08. The van der Waals surface area contributed by atoms with Crippen LogP contribution < -0.4 is 14.4 Å². The summed E-state index contributed by atoms with van der Waals surface area (Å²) < 4.78 is 12.5. The van der Waals surface area contributed by atoms with E-state index in [2.05, 4.69) is 14.9 Å². The van der Waals surface area contributed by atoms with Crippen LogP contribution in [0.3, 0.4) is 0 Å². The summed E-state index contributed by atoms with van der Waals surface area (Å²) in [5.41, 5.74) is 0.878. The Balaban J connectivity index is 1.36. The molecule has 1 saturated heterocycles. The standard InChI is InChI=1S/C23H25N5O3/c1-30-19-7-5-18(15-20(19)31-2)6-8-23(29)28-13-11-27(12-14-28)22-16-21(24-17-25-22)26-9-3-4-10-26/h3-10,15-17H,11-14H2,1-2H3/b8-6+. The summed E-state index contributed by atoms with van der Waals surface area (Å²) in [6, 6.07) is 11.4. The SMILES string of the molecule is COc1ccc(/C=C/C(=O)N2CCN(c3cc(-n4cccc4)ncn3)CC2)cc1OC. The van der Waals surface area contributed by atoms with Gasteiger partial charge in [-0.1, -0.05) is 6.07 Å². The van der Waals surface area contributed by atoms with Gasteiger partial charge < -0.3 is 23.8 Å². The number of hydrogen-bond donors (Lipinski definition) is 0. The lowest BCUT2D eigenvalue weighted by atomic mass is 10.2. The number of rotatable bonds is 6. The first-order valence-corrected chi connectivity index (χ1v) is 10.1. The fourth-order valence-electron chi connectivity index (χ4n) is 3.52. The van der Waals surface area contributed by atoms with Crippen LogP contribution >= 0.6 is 0 Å². The number of carbonyl (C=O) groups excluding carboxylic acids is 1. The van der Waals surface area contributed by atoms with Crippen LogP contribution in [0.25, 0.3) is 11.9 Å². The Morgan fingerprint density at radius 1 is 0.935 bits per heavy atom. The van der Waals surface area contributed by atoms with Crippen LogP contribution in [0, 0.1) is 0 Å². The maximum atomic E-state index is 12.6. The van der Waals surface area contributed by atoms with Gasteiger partial charge in [0.2, 0.25) is 5.91 Å². The fourth-order valence-corrected chi connectivity index (χ4v) is 3.52. The molecule has 1 aliphatic heterocycles. The number of amides is 1. The number of piperazine rings is 1. The monoisotopic (exact) mass is 419 g/mol. The predicted molar refractivity (Wildman–Crippen MR) is 119 cm³/mol. The van der Waals surface area contributed by atoms with Crippen LogP contribution in [0.4, 0.5) is 5.82 Å². The Hall–Kier alpha value is -3.81. The van der Waals surface area contributed by atoms with Crippen molar-refractivity contribution in [2.24, 2.45) is 0 Å². The van der Waals surface area contributed by atoms with Crippen molar-refractivity contribution in [2.75, 3.05) is 45.3 Å².